The predicted molar refractivity (Wildman–Crippen MR) is 70.0 cm³/mol. The van der Waals surface area contributed by atoms with E-state index in [2.05, 4.69) is 17.2 Å². The third-order valence-electron chi connectivity index (χ3n) is 3.10. The number of anilines is 1. The molecular weight excluding hydrogens is 235 g/mol. The maximum absolute atomic E-state index is 13.0. The van der Waals surface area contributed by atoms with Crippen LogP contribution in [0.5, 0.6) is 0 Å². The molecule has 0 bridgehead atoms. The fourth-order valence-electron chi connectivity index (χ4n) is 2.08. The van der Waals surface area contributed by atoms with Crippen LogP contribution in [0.3, 0.4) is 0 Å². The number of rotatable bonds is 4. The van der Waals surface area contributed by atoms with Gasteiger partial charge in [-0.2, -0.15) is 0 Å². The SMILES string of the molecule is CC(CC1CC1)Nc1nc2ccc(F)cc2s1. The van der Waals surface area contributed by atoms with E-state index in [1.54, 1.807) is 12.1 Å². The minimum absolute atomic E-state index is 0.196. The minimum atomic E-state index is -0.196. The molecule has 1 heterocycles. The molecule has 1 N–H and O–H groups in total. The molecule has 1 aromatic heterocycles. The molecule has 2 aromatic rings. The van der Waals surface area contributed by atoms with Gasteiger partial charge in [-0.1, -0.05) is 24.2 Å². The van der Waals surface area contributed by atoms with Crippen molar-refractivity contribution in [3.63, 3.8) is 0 Å². The van der Waals surface area contributed by atoms with Crippen LogP contribution in [0, 0.1) is 11.7 Å². The molecule has 1 aliphatic rings. The normalized spacial score (nSPS) is 17.3. The summed E-state index contributed by atoms with van der Waals surface area (Å²) < 4.78 is 14.0. The van der Waals surface area contributed by atoms with Crippen molar-refractivity contribution in [3.05, 3.63) is 24.0 Å². The van der Waals surface area contributed by atoms with Crippen LogP contribution in [0.15, 0.2) is 18.2 Å². The molecule has 1 atom stereocenters. The van der Waals surface area contributed by atoms with E-state index in [0.717, 1.165) is 21.3 Å². The lowest BCUT2D eigenvalue weighted by Crippen LogP contribution is -2.15. The Balaban J connectivity index is 1.75. The summed E-state index contributed by atoms with van der Waals surface area (Å²) >= 11 is 1.53. The van der Waals surface area contributed by atoms with Crippen molar-refractivity contribution in [1.29, 1.82) is 0 Å². The van der Waals surface area contributed by atoms with Crippen molar-refractivity contribution in [2.75, 3.05) is 5.32 Å². The molecule has 1 fully saturated rings. The average Bonchev–Trinajstić information content (AvgIpc) is 2.97. The van der Waals surface area contributed by atoms with Crippen molar-refractivity contribution < 1.29 is 4.39 Å². The monoisotopic (exact) mass is 250 g/mol. The molecule has 17 heavy (non-hydrogen) atoms. The number of nitrogens with zero attached hydrogens (tertiary/aromatic N) is 1. The summed E-state index contributed by atoms with van der Waals surface area (Å²) in [5.74, 6) is 0.711. The lowest BCUT2D eigenvalue weighted by molar-refractivity contribution is 0.630. The average molecular weight is 250 g/mol. The number of nitrogens with one attached hydrogen (secondary N) is 1. The molecule has 0 saturated heterocycles. The van der Waals surface area contributed by atoms with E-state index in [0.29, 0.717) is 6.04 Å². The van der Waals surface area contributed by atoms with Gasteiger partial charge in [-0.25, -0.2) is 9.37 Å². The zero-order valence-corrected chi connectivity index (χ0v) is 10.6. The van der Waals surface area contributed by atoms with Gasteiger partial charge in [0, 0.05) is 6.04 Å². The molecule has 0 spiro atoms. The van der Waals surface area contributed by atoms with Crippen molar-refractivity contribution in [2.45, 2.75) is 32.2 Å². The van der Waals surface area contributed by atoms with Crippen molar-refractivity contribution in [1.82, 2.24) is 4.98 Å². The van der Waals surface area contributed by atoms with Gasteiger partial charge in [0.05, 0.1) is 10.2 Å². The maximum Gasteiger partial charge on any atom is 0.184 e. The van der Waals surface area contributed by atoms with Gasteiger partial charge in [0.25, 0.3) is 0 Å². The van der Waals surface area contributed by atoms with Crippen LogP contribution >= 0.6 is 11.3 Å². The Morgan fingerprint density at radius 1 is 1.53 bits per heavy atom. The molecule has 90 valence electrons. The van der Waals surface area contributed by atoms with E-state index in [9.17, 15) is 4.39 Å². The molecule has 2 nitrogen and oxygen atoms in total. The molecule has 3 rings (SSSR count). The van der Waals surface area contributed by atoms with E-state index >= 15 is 0 Å². The highest BCUT2D eigenvalue weighted by molar-refractivity contribution is 7.22. The van der Waals surface area contributed by atoms with Gasteiger partial charge in [-0.15, -0.1) is 0 Å². The van der Waals surface area contributed by atoms with Gasteiger partial charge in [0.1, 0.15) is 5.82 Å². The van der Waals surface area contributed by atoms with Crippen LogP contribution in [0.2, 0.25) is 0 Å². The number of hydrogen-bond acceptors (Lipinski definition) is 3. The Hall–Kier alpha value is -1.16. The lowest BCUT2D eigenvalue weighted by Gasteiger charge is -2.11. The van der Waals surface area contributed by atoms with Gasteiger partial charge in [-0.05, 0) is 37.5 Å². The minimum Gasteiger partial charge on any atom is -0.359 e. The summed E-state index contributed by atoms with van der Waals surface area (Å²) in [6, 6.07) is 5.19. The highest BCUT2D eigenvalue weighted by Crippen LogP contribution is 2.34. The molecule has 1 aromatic carbocycles. The number of benzene rings is 1. The number of fused-ring (bicyclic) bond motifs is 1. The first-order valence-corrected chi connectivity index (χ1v) is 6.85. The predicted octanol–water partition coefficient (Wildman–Crippen LogP) is 4.04. The molecule has 4 heteroatoms. The summed E-state index contributed by atoms with van der Waals surface area (Å²) in [4.78, 5) is 4.46. The molecule has 1 unspecified atom stereocenters. The number of halogens is 1. The molecule has 0 aliphatic heterocycles. The van der Waals surface area contributed by atoms with Crippen LogP contribution in [0.25, 0.3) is 10.2 Å². The quantitative estimate of drug-likeness (QED) is 0.886. The maximum atomic E-state index is 13.0. The second-order valence-electron chi connectivity index (χ2n) is 4.86. The van der Waals surface area contributed by atoms with Crippen LogP contribution in [-0.4, -0.2) is 11.0 Å². The summed E-state index contributed by atoms with van der Waals surface area (Å²) in [7, 11) is 0. The summed E-state index contributed by atoms with van der Waals surface area (Å²) in [5, 5.41) is 4.31. The molecular formula is C13H15FN2S. The largest absolute Gasteiger partial charge is 0.359 e. The van der Waals surface area contributed by atoms with Crippen molar-refractivity contribution in [2.24, 2.45) is 5.92 Å². The van der Waals surface area contributed by atoms with Gasteiger partial charge in [0.15, 0.2) is 5.13 Å². The highest BCUT2D eigenvalue weighted by atomic mass is 32.1. The van der Waals surface area contributed by atoms with E-state index in [1.807, 2.05) is 0 Å². The number of hydrogen-bond donors (Lipinski definition) is 1. The third kappa shape index (κ3) is 2.57. The topological polar surface area (TPSA) is 24.9 Å². The fourth-order valence-corrected chi connectivity index (χ4v) is 3.09. The van der Waals surface area contributed by atoms with Gasteiger partial charge < -0.3 is 5.32 Å². The van der Waals surface area contributed by atoms with Crippen LogP contribution in [0.1, 0.15) is 26.2 Å². The fraction of sp³-hybridized carbons (Fsp3) is 0.462. The third-order valence-corrected chi connectivity index (χ3v) is 4.05. The zero-order chi connectivity index (χ0) is 11.8. The van der Waals surface area contributed by atoms with E-state index < -0.39 is 0 Å². The smallest absolute Gasteiger partial charge is 0.184 e. The highest BCUT2D eigenvalue weighted by Gasteiger charge is 2.23. The Kier molecular flexibility index (Phi) is 2.74. The van der Waals surface area contributed by atoms with E-state index in [1.165, 1.54) is 36.7 Å². The lowest BCUT2D eigenvalue weighted by atomic mass is 10.2. The van der Waals surface area contributed by atoms with Gasteiger partial charge in [-0.3, -0.25) is 0 Å². The standard InChI is InChI=1S/C13H15FN2S/c1-8(6-9-2-3-9)15-13-16-11-5-4-10(14)7-12(11)17-13/h4-5,7-9H,2-3,6H2,1H3,(H,15,16). The van der Waals surface area contributed by atoms with E-state index in [4.69, 9.17) is 0 Å². The summed E-state index contributed by atoms with van der Waals surface area (Å²) in [6.45, 7) is 2.19. The van der Waals surface area contributed by atoms with Crippen molar-refractivity contribution >= 4 is 26.7 Å². The summed E-state index contributed by atoms with van der Waals surface area (Å²) in [5.41, 5.74) is 0.873. The first kappa shape index (κ1) is 11.0. The van der Waals surface area contributed by atoms with Crippen molar-refractivity contribution in [3.8, 4) is 0 Å². The van der Waals surface area contributed by atoms with Crippen LogP contribution < -0.4 is 5.32 Å². The zero-order valence-electron chi connectivity index (χ0n) is 9.74. The Labute approximate surface area is 104 Å². The van der Waals surface area contributed by atoms with Gasteiger partial charge in [0.2, 0.25) is 0 Å². The van der Waals surface area contributed by atoms with Crippen LogP contribution in [0.4, 0.5) is 9.52 Å². The molecule has 1 aliphatic carbocycles. The number of thiazole rings is 1. The Bertz CT molecular complexity index is 533. The summed E-state index contributed by atoms with van der Waals surface area (Å²) in [6.07, 6.45) is 3.96. The number of aromatic nitrogens is 1. The first-order chi connectivity index (χ1) is 8.20. The first-order valence-electron chi connectivity index (χ1n) is 6.03. The second-order valence-corrected chi connectivity index (χ2v) is 5.89. The Morgan fingerprint density at radius 3 is 3.12 bits per heavy atom. The molecule has 1 saturated carbocycles. The van der Waals surface area contributed by atoms with E-state index in [-0.39, 0.29) is 5.82 Å². The molecule has 0 radical (unpaired) electrons. The molecule has 0 amide bonds. The van der Waals surface area contributed by atoms with Gasteiger partial charge >= 0.3 is 0 Å². The van der Waals surface area contributed by atoms with Crippen LogP contribution in [-0.2, 0) is 0 Å². The Morgan fingerprint density at radius 2 is 2.35 bits per heavy atom. The second kappa shape index (κ2) is 4.26.